The normalized spacial score (nSPS) is 13.2. The zero-order valence-corrected chi connectivity index (χ0v) is 11.0. The lowest BCUT2D eigenvalue weighted by Gasteiger charge is -2.19. The van der Waals surface area contributed by atoms with Crippen molar-refractivity contribution in [2.45, 2.75) is 19.1 Å². The van der Waals surface area contributed by atoms with Crippen LogP contribution in [0.25, 0.3) is 0 Å². The number of benzene rings is 1. The molecule has 0 aliphatic heterocycles. The highest BCUT2D eigenvalue weighted by Crippen LogP contribution is 2.15. The van der Waals surface area contributed by atoms with Gasteiger partial charge in [-0.05, 0) is 12.1 Å². The number of ether oxygens (including phenoxy) is 1. The maximum absolute atomic E-state index is 12.2. The highest BCUT2D eigenvalue weighted by molar-refractivity contribution is 6.04. The van der Waals surface area contributed by atoms with Gasteiger partial charge in [0.15, 0.2) is 11.9 Å². The van der Waals surface area contributed by atoms with E-state index in [0.29, 0.717) is 5.75 Å². The SMILES string of the molecule is COc1cccc(C(=O)C(NC(C)=O)C(O)C(=O)O)c1. The first-order valence-corrected chi connectivity index (χ1v) is 5.73. The van der Waals surface area contributed by atoms with Crippen LogP contribution in [0.4, 0.5) is 0 Å². The second kappa shape index (κ2) is 6.67. The molecule has 1 aromatic rings. The Hall–Kier alpha value is -2.41. The maximum Gasteiger partial charge on any atom is 0.335 e. The molecule has 0 radical (unpaired) electrons. The summed E-state index contributed by atoms with van der Waals surface area (Å²) >= 11 is 0. The molecule has 0 saturated heterocycles. The van der Waals surface area contributed by atoms with Crippen LogP contribution < -0.4 is 10.1 Å². The highest BCUT2D eigenvalue weighted by Gasteiger charge is 2.33. The van der Waals surface area contributed by atoms with Crippen molar-refractivity contribution in [2.24, 2.45) is 0 Å². The van der Waals surface area contributed by atoms with E-state index in [1.807, 2.05) is 0 Å². The Kier molecular flexibility index (Phi) is 5.22. The number of hydrogen-bond acceptors (Lipinski definition) is 5. The first-order chi connectivity index (χ1) is 9.36. The van der Waals surface area contributed by atoms with Crippen LogP contribution in [0.3, 0.4) is 0 Å². The maximum atomic E-state index is 12.2. The molecule has 20 heavy (non-hydrogen) atoms. The van der Waals surface area contributed by atoms with Crippen LogP contribution in [0.1, 0.15) is 17.3 Å². The van der Waals surface area contributed by atoms with E-state index in [-0.39, 0.29) is 5.56 Å². The van der Waals surface area contributed by atoms with Crippen LogP contribution in [0.5, 0.6) is 5.75 Å². The third-order valence-electron chi connectivity index (χ3n) is 2.56. The predicted octanol–water partition coefficient (Wildman–Crippen LogP) is -0.172. The second-order valence-corrected chi connectivity index (χ2v) is 4.06. The summed E-state index contributed by atoms with van der Waals surface area (Å²) in [5, 5.41) is 20.4. The fraction of sp³-hybridized carbons (Fsp3) is 0.308. The van der Waals surface area contributed by atoms with E-state index in [4.69, 9.17) is 9.84 Å². The van der Waals surface area contributed by atoms with Gasteiger partial charge in [-0.25, -0.2) is 4.79 Å². The minimum atomic E-state index is -2.03. The van der Waals surface area contributed by atoms with E-state index >= 15 is 0 Å². The molecule has 0 bridgehead atoms. The van der Waals surface area contributed by atoms with Gasteiger partial charge in [0.1, 0.15) is 11.8 Å². The van der Waals surface area contributed by atoms with Gasteiger partial charge in [0.2, 0.25) is 5.91 Å². The van der Waals surface area contributed by atoms with Crippen molar-refractivity contribution in [3.63, 3.8) is 0 Å². The van der Waals surface area contributed by atoms with Crippen LogP contribution in [-0.4, -0.2) is 47.1 Å². The lowest BCUT2D eigenvalue weighted by molar-refractivity contribution is -0.147. The molecule has 0 fully saturated rings. The molecule has 0 aliphatic rings. The van der Waals surface area contributed by atoms with E-state index in [2.05, 4.69) is 5.32 Å². The van der Waals surface area contributed by atoms with Gasteiger partial charge >= 0.3 is 5.97 Å². The molecule has 2 atom stereocenters. The minimum absolute atomic E-state index is 0.128. The van der Waals surface area contributed by atoms with Crippen LogP contribution >= 0.6 is 0 Å². The van der Waals surface area contributed by atoms with Crippen LogP contribution in [0.15, 0.2) is 24.3 Å². The molecule has 108 valence electrons. The fourth-order valence-electron chi connectivity index (χ4n) is 1.61. The molecule has 0 aromatic heterocycles. The van der Waals surface area contributed by atoms with Gasteiger partial charge in [0.05, 0.1) is 7.11 Å². The zero-order valence-electron chi connectivity index (χ0n) is 11.0. The zero-order chi connectivity index (χ0) is 15.3. The van der Waals surface area contributed by atoms with Crippen LogP contribution in [-0.2, 0) is 9.59 Å². The molecule has 0 saturated carbocycles. The summed E-state index contributed by atoms with van der Waals surface area (Å²) in [5.74, 6) is -2.53. The number of methoxy groups -OCH3 is 1. The Bertz CT molecular complexity index is 527. The smallest absolute Gasteiger partial charge is 0.335 e. The van der Waals surface area contributed by atoms with E-state index in [9.17, 15) is 19.5 Å². The van der Waals surface area contributed by atoms with Crippen molar-refractivity contribution >= 4 is 17.7 Å². The first-order valence-electron chi connectivity index (χ1n) is 5.73. The van der Waals surface area contributed by atoms with Gasteiger partial charge in [-0.3, -0.25) is 9.59 Å². The van der Waals surface area contributed by atoms with Gasteiger partial charge in [0.25, 0.3) is 0 Å². The van der Waals surface area contributed by atoms with E-state index in [1.54, 1.807) is 12.1 Å². The summed E-state index contributed by atoms with van der Waals surface area (Å²) < 4.78 is 4.96. The first kappa shape index (κ1) is 15.6. The molecule has 7 nitrogen and oxygen atoms in total. The quantitative estimate of drug-likeness (QED) is 0.624. The molecule has 2 unspecified atom stereocenters. The topological polar surface area (TPSA) is 113 Å². The molecule has 1 aromatic carbocycles. The van der Waals surface area contributed by atoms with Gasteiger partial charge < -0.3 is 20.3 Å². The number of nitrogens with one attached hydrogen (secondary N) is 1. The number of carboxylic acids is 1. The number of aliphatic hydroxyl groups excluding tert-OH is 1. The number of rotatable bonds is 6. The number of hydrogen-bond donors (Lipinski definition) is 3. The Balaban J connectivity index is 3.08. The summed E-state index contributed by atoms with van der Waals surface area (Å²) in [5.41, 5.74) is 0.128. The lowest BCUT2D eigenvalue weighted by Crippen LogP contribution is -2.51. The Morgan fingerprint density at radius 1 is 1.30 bits per heavy atom. The van der Waals surface area contributed by atoms with Gasteiger partial charge in [0, 0.05) is 12.5 Å². The largest absolute Gasteiger partial charge is 0.497 e. The van der Waals surface area contributed by atoms with Crippen LogP contribution in [0, 0.1) is 0 Å². The van der Waals surface area contributed by atoms with Crippen molar-refractivity contribution in [3.05, 3.63) is 29.8 Å². The highest BCUT2D eigenvalue weighted by atomic mass is 16.5. The summed E-state index contributed by atoms with van der Waals surface area (Å²) in [6.07, 6.45) is -2.03. The molecule has 1 amide bonds. The number of ketones is 1. The Labute approximate surface area is 115 Å². The summed E-state index contributed by atoms with van der Waals surface area (Å²) in [6.45, 7) is 1.13. The summed E-state index contributed by atoms with van der Waals surface area (Å²) in [6, 6.07) is 4.43. The van der Waals surface area contributed by atoms with Crippen molar-refractivity contribution in [3.8, 4) is 5.75 Å². The fourth-order valence-corrected chi connectivity index (χ4v) is 1.61. The van der Waals surface area contributed by atoms with Gasteiger partial charge in [-0.15, -0.1) is 0 Å². The number of carbonyl (C=O) groups is 3. The third-order valence-corrected chi connectivity index (χ3v) is 2.56. The average molecular weight is 281 g/mol. The molecular weight excluding hydrogens is 266 g/mol. The van der Waals surface area contributed by atoms with Gasteiger partial charge in [-0.1, -0.05) is 12.1 Å². The van der Waals surface area contributed by atoms with Gasteiger partial charge in [-0.2, -0.15) is 0 Å². The molecule has 3 N–H and O–H groups in total. The third kappa shape index (κ3) is 3.79. The second-order valence-electron chi connectivity index (χ2n) is 4.06. The Morgan fingerprint density at radius 2 is 1.95 bits per heavy atom. The number of carbonyl (C=O) groups excluding carboxylic acids is 2. The molecule has 0 spiro atoms. The summed E-state index contributed by atoms with van der Waals surface area (Å²) in [7, 11) is 1.42. The molecule has 7 heteroatoms. The number of amides is 1. The molecule has 0 heterocycles. The van der Waals surface area contributed by atoms with Crippen LogP contribution in [0.2, 0.25) is 0 Å². The van der Waals surface area contributed by atoms with E-state index < -0.39 is 29.8 Å². The van der Waals surface area contributed by atoms with E-state index in [0.717, 1.165) is 6.92 Å². The minimum Gasteiger partial charge on any atom is -0.497 e. The average Bonchev–Trinajstić information content (AvgIpc) is 2.43. The number of carboxylic acid groups (broad SMARTS) is 1. The molecular formula is C13H15NO6. The number of Topliss-reactive ketones (excluding diaryl/α,β-unsaturated/α-hetero) is 1. The van der Waals surface area contributed by atoms with Crippen molar-refractivity contribution in [1.82, 2.24) is 5.32 Å². The molecule has 0 aliphatic carbocycles. The Morgan fingerprint density at radius 3 is 2.45 bits per heavy atom. The standard InChI is InChI=1S/C13H15NO6/c1-7(15)14-10(12(17)13(18)19)11(16)8-4-3-5-9(6-8)20-2/h3-6,10,12,17H,1-2H3,(H,14,15)(H,18,19). The summed E-state index contributed by atoms with van der Waals surface area (Å²) in [4.78, 5) is 34.1. The predicted molar refractivity (Wildman–Crippen MR) is 68.6 cm³/mol. The number of aliphatic hydroxyl groups is 1. The monoisotopic (exact) mass is 281 g/mol. The van der Waals surface area contributed by atoms with E-state index in [1.165, 1.54) is 19.2 Å². The van der Waals surface area contributed by atoms with Crippen molar-refractivity contribution in [1.29, 1.82) is 0 Å². The van der Waals surface area contributed by atoms with Crippen molar-refractivity contribution in [2.75, 3.05) is 7.11 Å². The van der Waals surface area contributed by atoms with Crippen molar-refractivity contribution < 1.29 is 29.3 Å². The molecule has 1 rings (SSSR count). The number of aliphatic carboxylic acids is 1. The lowest BCUT2D eigenvalue weighted by atomic mass is 9.99.